The number of nitrogens with zero attached hydrogens (tertiary/aromatic N) is 1. The van der Waals surface area contributed by atoms with Crippen molar-refractivity contribution in [2.24, 2.45) is 0 Å². The lowest BCUT2D eigenvalue weighted by atomic mass is 10.1. The van der Waals surface area contributed by atoms with Crippen LogP contribution in [0.4, 0.5) is 0 Å². The molecule has 1 N–H and O–H groups in total. The molecular weight excluding hydrogens is 494 g/mol. The zero-order valence-electron chi connectivity index (χ0n) is 24.4. The maximum absolute atomic E-state index is 9.91. The molecule has 0 spiro atoms. The van der Waals surface area contributed by atoms with E-state index in [0.29, 0.717) is 6.42 Å². The quantitative estimate of drug-likeness (QED) is 0.108. The fraction of sp³-hybridized carbons (Fsp3) is 0.457. The molecule has 0 saturated carbocycles. The second kappa shape index (κ2) is 16.5. The molecule has 0 aliphatic carbocycles. The lowest BCUT2D eigenvalue weighted by molar-refractivity contribution is 0.146. The summed E-state index contributed by atoms with van der Waals surface area (Å²) in [6.07, 6.45) is 19.8. The first-order valence-corrected chi connectivity index (χ1v) is 16.8. The van der Waals surface area contributed by atoms with E-state index >= 15 is 0 Å². The second-order valence-electron chi connectivity index (χ2n) is 11.6. The van der Waals surface area contributed by atoms with Crippen LogP contribution in [0.3, 0.4) is 0 Å². The third kappa shape index (κ3) is 9.56. The van der Waals surface area contributed by atoms with Gasteiger partial charge >= 0.3 is 0 Å². The lowest BCUT2D eigenvalue weighted by Gasteiger charge is -2.45. The molecule has 0 fully saturated rings. The van der Waals surface area contributed by atoms with Gasteiger partial charge in [0, 0.05) is 19.0 Å². The zero-order chi connectivity index (χ0) is 27.8. The van der Waals surface area contributed by atoms with Gasteiger partial charge in [-0.25, -0.2) is 0 Å². The van der Waals surface area contributed by atoms with E-state index in [1.807, 2.05) is 18.5 Å². The van der Waals surface area contributed by atoms with Crippen LogP contribution in [0.15, 0.2) is 97.3 Å². The van der Waals surface area contributed by atoms with Gasteiger partial charge in [0.2, 0.25) is 0 Å². The Balaban J connectivity index is 1.52. The highest BCUT2D eigenvalue weighted by atomic mass is 28.4. The predicted octanol–water partition coefficient (Wildman–Crippen LogP) is 7.63. The first kappa shape index (κ1) is 31.0. The van der Waals surface area contributed by atoms with Crippen molar-refractivity contribution in [2.75, 3.05) is 6.61 Å². The van der Waals surface area contributed by atoms with Gasteiger partial charge in [-0.1, -0.05) is 125 Å². The SMILES string of the molecule is CC(C)(C)[Si](O[C@@H](C/C=C\CCCCCCCCc1cccnc1)CCO)(c1ccccc1)c1ccccc1. The van der Waals surface area contributed by atoms with Crippen molar-refractivity contribution < 1.29 is 9.53 Å². The first-order chi connectivity index (χ1) is 19.0. The molecule has 4 heteroatoms. The Morgan fingerprint density at radius 3 is 1.97 bits per heavy atom. The maximum Gasteiger partial charge on any atom is 0.261 e. The molecule has 0 unspecified atom stereocenters. The Hall–Kier alpha value is -2.53. The summed E-state index contributed by atoms with van der Waals surface area (Å²) in [5.74, 6) is 0. The normalized spacial score (nSPS) is 13.1. The van der Waals surface area contributed by atoms with Crippen LogP contribution in [0.5, 0.6) is 0 Å². The topological polar surface area (TPSA) is 42.4 Å². The number of pyridine rings is 1. The largest absolute Gasteiger partial charge is 0.404 e. The molecule has 39 heavy (non-hydrogen) atoms. The number of aryl methyl sites for hydroxylation is 1. The molecular formula is C35H49NO2Si. The fourth-order valence-corrected chi connectivity index (χ4v) is 10.2. The number of hydrogen-bond acceptors (Lipinski definition) is 3. The molecule has 2 aromatic carbocycles. The number of benzene rings is 2. The Morgan fingerprint density at radius 2 is 1.41 bits per heavy atom. The lowest BCUT2D eigenvalue weighted by Crippen LogP contribution is -2.67. The minimum Gasteiger partial charge on any atom is -0.404 e. The molecule has 210 valence electrons. The maximum atomic E-state index is 9.91. The molecule has 0 aliphatic heterocycles. The Kier molecular flexibility index (Phi) is 13.1. The molecule has 1 aromatic heterocycles. The molecule has 3 aromatic rings. The van der Waals surface area contributed by atoms with Gasteiger partial charge in [-0.15, -0.1) is 0 Å². The van der Waals surface area contributed by atoms with E-state index in [9.17, 15) is 5.11 Å². The van der Waals surface area contributed by atoms with Crippen LogP contribution in [0.1, 0.15) is 84.1 Å². The molecule has 3 nitrogen and oxygen atoms in total. The summed E-state index contributed by atoms with van der Waals surface area (Å²) in [5.41, 5.74) is 1.35. The summed E-state index contributed by atoms with van der Waals surface area (Å²) in [4.78, 5) is 4.20. The second-order valence-corrected chi connectivity index (χ2v) is 15.9. The number of aromatic nitrogens is 1. The van der Waals surface area contributed by atoms with E-state index in [1.165, 1.54) is 54.5 Å². The summed E-state index contributed by atoms with van der Waals surface area (Å²) in [6, 6.07) is 25.8. The highest BCUT2D eigenvalue weighted by Crippen LogP contribution is 2.38. The van der Waals surface area contributed by atoms with E-state index in [4.69, 9.17) is 4.43 Å². The Bertz CT molecular complexity index is 1020. The molecule has 3 rings (SSSR count). The van der Waals surface area contributed by atoms with Crippen molar-refractivity contribution in [1.82, 2.24) is 4.98 Å². The predicted molar refractivity (Wildman–Crippen MR) is 168 cm³/mol. The number of aliphatic hydroxyl groups excluding tert-OH is 1. The van der Waals surface area contributed by atoms with Crippen LogP contribution < -0.4 is 10.4 Å². The number of unbranched alkanes of at least 4 members (excludes halogenated alkanes) is 6. The zero-order valence-corrected chi connectivity index (χ0v) is 25.4. The van der Waals surface area contributed by atoms with E-state index < -0.39 is 8.32 Å². The van der Waals surface area contributed by atoms with Crippen LogP contribution in [0.25, 0.3) is 0 Å². The van der Waals surface area contributed by atoms with Crippen LogP contribution in [0.2, 0.25) is 5.04 Å². The third-order valence-corrected chi connectivity index (χ3v) is 12.7. The van der Waals surface area contributed by atoms with Gasteiger partial charge in [-0.3, -0.25) is 4.98 Å². The van der Waals surface area contributed by atoms with Crippen molar-refractivity contribution in [3.63, 3.8) is 0 Å². The van der Waals surface area contributed by atoms with Crippen molar-refractivity contribution in [3.05, 3.63) is 103 Å². The third-order valence-electron chi connectivity index (χ3n) is 7.59. The molecule has 0 aliphatic rings. The van der Waals surface area contributed by atoms with Gasteiger partial charge in [0.1, 0.15) is 0 Å². The highest BCUT2D eigenvalue weighted by molar-refractivity contribution is 6.99. The number of allylic oxidation sites excluding steroid dienone is 1. The minimum atomic E-state index is -2.62. The van der Waals surface area contributed by atoms with Crippen LogP contribution in [0, 0.1) is 0 Å². The van der Waals surface area contributed by atoms with E-state index in [1.54, 1.807) is 0 Å². The molecule has 0 radical (unpaired) electrons. The summed E-state index contributed by atoms with van der Waals surface area (Å²) >= 11 is 0. The average Bonchev–Trinajstić information content (AvgIpc) is 2.95. The van der Waals surface area contributed by atoms with E-state index in [2.05, 4.69) is 105 Å². The number of aliphatic hydroxyl groups is 1. The highest BCUT2D eigenvalue weighted by Gasteiger charge is 2.51. The molecule has 0 bridgehead atoms. The van der Waals surface area contributed by atoms with Crippen molar-refractivity contribution in [3.8, 4) is 0 Å². The fourth-order valence-electron chi connectivity index (χ4n) is 5.52. The first-order valence-electron chi connectivity index (χ1n) is 14.9. The van der Waals surface area contributed by atoms with Gasteiger partial charge in [-0.2, -0.15) is 0 Å². The van der Waals surface area contributed by atoms with E-state index in [0.717, 1.165) is 19.3 Å². The Labute approximate surface area is 238 Å². The summed E-state index contributed by atoms with van der Waals surface area (Å²) in [7, 11) is -2.62. The van der Waals surface area contributed by atoms with Crippen LogP contribution >= 0.6 is 0 Å². The average molecular weight is 544 g/mol. The van der Waals surface area contributed by atoms with E-state index in [-0.39, 0.29) is 17.7 Å². The molecule has 0 saturated heterocycles. The Morgan fingerprint density at radius 1 is 0.795 bits per heavy atom. The standard InChI is InChI=1S/C35H49NO2Si/c1-35(2,3)39(33-23-15-11-16-24-33,34-25-17-12-18-26-34)38-32(27-29-37)22-14-10-8-6-4-5-7-9-13-20-31-21-19-28-36-30-31/h10-12,14-19,21,23-26,28,30,32,37H,4-9,13,20,22,27,29H2,1-3H3/b14-10-/t32-/m0/s1. The number of hydrogen-bond donors (Lipinski definition) is 1. The van der Waals surface area contributed by atoms with Crippen molar-refractivity contribution in [1.29, 1.82) is 0 Å². The summed E-state index contributed by atoms with van der Waals surface area (Å²) in [6.45, 7) is 7.06. The molecule has 0 amide bonds. The minimum absolute atomic E-state index is 0.0163. The summed E-state index contributed by atoms with van der Waals surface area (Å²) in [5, 5.41) is 12.4. The molecule has 1 heterocycles. The van der Waals surface area contributed by atoms with Crippen LogP contribution in [-0.2, 0) is 10.8 Å². The van der Waals surface area contributed by atoms with Crippen LogP contribution in [-0.4, -0.2) is 31.1 Å². The van der Waals surface area contributed by atoms with Crippen molar-refractivity contribution >= 4 is 18.7 Å². The van der Waals surface area contributed by atoms with Gasteiger partial charge in [0.25, 0.3) is 8.32 Å². The monoisotopic (exact) mass is 543 g/mol. The number of rotatable bonds is 17. The van der Waals surface area contributed by atoms with Gasteiger partial charge < -0.3 is 9.53 Å². The van der Waals surface area contributed by atoms with Gasteiger partial charge in [0.15, 0.2) is 0 Å². The van der Waals surface area contributed by atoms with Gasteiger partial charge in [-0.05, 0) is 65.6 Å². The smallest absolute Gasteiger partial charge is 0.261 e. The van der Waals surface area contributed by atoms with Gasteiger partial charge in [0.05, 0.1) is 6.10 Å². The molecule has 1 atom stereocenters. The summed E-state index contributed by atoms with van der Waals surface area (Å²) < 4.78 is 7.25. The van der Waals surface area contributed by atoms with Crippen molar-refractivity contribution in [2.45, 2.75) is 96.1 Å².